The van der Waals surface area contributed by atoms with Crippen LogP contribution in [-0.4, -0.2) is 41.4 Å². The Morgan fingerprint density at radius 3 is 2.79 bits per heavy atom. The second-order valence-electron chi connectivity index (χ2n) is 4.65. The molecule has 0 radical (unpaired) electrons. The van der Waals surface area contributed by atoms with E-state index in [1.165, 1.54) is 17.3 Å². The van der Waals surface area contributed by atoms with Crippen molar-refractivity contribution in [1.29, 1.82) is 0 Å². The van der Waals surface area contributed by atoms with Gasteiger partial charge in [-0.05, 0) is 11.5 Å². The predicted molar refractivity (Wildman–Crippen MR) is 77.3 cm³/mol. The van der Waals surface area contributed by atoms with Crippen LogP contribution in [0.2, 0.25) is 0 Å². The number of carbonyl (C=O) groups is 2. The summed E-state index contributed by atoms with van der Waals surface area (Å²) in [6.07, 6.45) is 0. The molecule has 0 aliphatic carbocycles. The molecule has 1 aliphatic heterocycles. The van der Waals surface area contributed by atoms with Crippen molar-refractivity contribution in [3.8, 4) is 0 Å². The van der Waals surface area contributed by atoms with E-state index in [0.717, 1.165) is 5.75 Å². The lowest BCUT2D eigenvalue weighted by molar-refractivity contribution is -0.121. The summed E-state index contributed by atoms with van der Waals surface area (Å²) in [4.78, 5) is 24.7. The minimum atomic E-state index is -0.0846. The van der Waals surface area contributed by atoms with Gasteiger partial charge in [0.2, 0.25) is 5.91 Å². The summed E-state index contributed by atoms with van der Waals surface area (Å²) in [5, 5.41) is 2.89. The average Bonchev–Trinajstić information content (AvgIpc) is 2.82. The molecule has 1 N–H and O–H groups in total. The summed E-state index contributed by atoms with van der Waals surface area (Å²) < 4.78 is 0. The third kappa shape index (κ3) is 3.99. The first-order chi connectivity index (χ1) is 9.16. The highest BCUT2D eigenvalue weighted by Gasteiger charge is 2.23. The van der Waals surface area contributed by atoms with Crippen LogP contribution in [0.25, 0.3) is 0 Å². The van der Waals surface area contributed by atoms with Crippen LogP contribution in [0.1, 0.15) is 18.4 Å². The first-order valence-corrected chi connectivity index (χ1v) is 7.38. The van der Waals surface area contributed by atoms with Gasteiger partial charge in [-0.25, -0.2) is 0 Å². The van der Waals surface area contributed by atoms with E-state index in [4.69, 9.17) is 0 Å². The fourth-order valence-corrected chi connectivity index (χ4v) is 2.79. The van der Waals surface area contributed by atoms with Gasteiger partial charge in [0.15, 0.2) is 0 Å². The Bertz CT molecular complexity index is 450. The molecule has 0 saturated carbocycles. The Kier molecular flexibility index (Phi) is 4.85. The highest BCUT2D eigenvalue weighted by atomic mass is 32.2. The fraction of sp³-hybridized carbons (Fsp3) is 0.429. The largest absolute Gasteiger partial charge is 0.354 e. The predicted octanol–water partition coefficient (Wildman–Crippen LogP) is 2.08. The number of hydrogen-bond acceptors (Lipinski definition) is 3. The van der Waals surface area contributed by atoms with Crippen molar-refractivity contribution < 1.29 is 9.59 Å². The van der Waals surface area contributed by atoms with Gasteiger partial charge in [-0.15, -0.1) is 0 Å². The average molecular weight is 278 g/mol. The molecule has 2 rings (SSSR count). The molecule has 19 heavy (non-hydrogen) atoms. The number of thioether (sulfide) groups is 1. The van der Waals surface area contributed by atoms with Crippen LogP contribution >= 0.6 is 11.8 Å². The molecule has 0 spiro atoms. The second kappa shape index (κ2) is 6.61. The van der Waals surface area contributed by atoms with Gasteiger partial charge in [0.25, 0.3) is 5.24 Å². The van der Waals surface area contributed by atoms with Crippen molar-refractivity contribution in [2.45, 2.75) is 12.8 Å². The number of carbonyl (C=O) groups excluding carboxylic acids is 2. The third-order valence-corrected chi connectivity index (χ3v) is 4.05. The molecule has 0 aromatic heterocycles. The zero-order valence-electron chi connectivity index (χ0n) is 11.0. The lowest BCUT2D eigenvalue weighted by atomic mass is 10.0. The van der Waals surface area contributed by atoms with E-state index in [2.05, 4.69) is 24.4 Å². The van der Waals surface area contributed by atoms with E-state index < -0.39 is 0 Å². The summed E-state index contributed by atoms with van der Waals surface area (Å²) in [7, 11) is 0. The molecule has 1 aromatic carbocycles. The van der Waals surface area contributed by atoms with Crippen molar-refractivity contribution in [3.05, 3.63) is 35.9 Å². The third-order valence-electron chi connectivity index (χ3n) is 3.15. The molecule has 102 valence electrons. The van der Waals surface area contributed by atoms with Gasteiger partial charge >= 0.3 is 0 Å². The van der Waals surface area contributed by atoms with Gasteiger partial charge < -0.3 is 10.2 Å². The summed E-state index contributed by atoms with van der Waals surface area (Å²) in [5.41, 5.74) is 1.20. The first kappa shape index (κ1) is 13.9. The summed E-state index contributed by atoms with van der Waals surface area (Å²) >= 11 is 1.28. The molecule has 1 unspecified atom stereocenters. The molecule has 1 aliphatic rings. The molecule has 1 aromatic rings. The number of nitrogens with one attached hydrogen (secondary N) is 1. The van der Waals surface area contributed by atoms with E-state index >= 15 is 0 Å². The van der Waals surface area contributed by atoms with E-state index in [-0.39, 0.29) is 23.6 Å². The van der Waals surface area contributed by atoms with Gasteiger partial charge in [-0.2, -0.15) is 0 Å². The lowest BCUT2D eigenvalue weighted by Crippen LogP contribution is -2.38. The molecule has 5 heteroatoms. The molecule has 1 saturated heterocycles. The van der Waals surface area contributed by atoms with Crippen LogP contribution in [0.5, 0.6) is 0 Å². The molecular formula is C14H18N2O2S. The van der Waals surface area contributed by atoms with Crippen molar-refractivity contribution in [3.63, 3.8) is 0 Å². The second-order valence-corrected chi connectivity index (χ2v) is 5.70. The molecule has 1 atom stereocenters. The normalized spacial score (nSPS) is 16.5. The van der Waals surface area contributed by atoms with Crippen LogP contribution in [-0.2, 0) is 4.79 Å². The van der Waals surface area contributed by atoms with Gasteiger partial charge in [-0.1, -0.05) is 49.0 Å². The topological polar surface area (TPSA) is 49.4 Å². The standard InChI is InChI=1S/C14H18N2O2S/c1-11(12-5-3-2-4-6-12)9-15-13(17)10-16-7-8-19-14(16)18/h2-6,11H,7-10H2,1H3,(H,15,17). The molecule has 1 fully saturated rings. The van der Waals surface area contributed by atoms with E-state index in [0.29, 0.717) is 13.1 Å². The van der Waals surface area contributed by atoms with E-state index in [1.807, 2.05) is 18.2 Å². The number of hydrogen-bond donors (Lipinski definition) is 1. The van der Waals surface area contributed by atoms with Crippen LogP contribution in [0.3, 0.4) is 0 Å². The maximum Gasteiger partial charge on any atom is 0.282 e. The number of amides is 2. The van der Waals surface area contributed by atoms with E-state index in [9.17, 15) is 9.59 Å². The Balaban J connectivity index is 1.76. The molecule has 4 nitrogen and oxygen atoms in total. The maximum atomic E-state index is 11.8. The molecular weight excluding hydrogens is 260 g/mol. The van der Waals surface area contributed by atoms with Crippen molar-refractivity contribution >= 4 is 22.9 Å². The zero-order valence-corrected chi connectivity index (χ0v) is 11.8. The Morgan fingerprint density at radius 2 is 2.16 bits per heavy atom. The highest BCUT2D eigenvalue weighted by molar-refractivity contribution is 8.13. The van der Waals surface area contributed by atoms with Gasteiger partial charge in [0, 0.05) is 18.8 Å². The fourth-order valence-electron chi connectivity index (χ4n) is 1.96. The van der Waals surface area contributed by atoms with Crippen LogP contribution in [0, 0.1) is 0 Å². The van der Waals surface area contributed by atoms with Crippen molar-refractivity contribution in [2.24, 2.45) is 0 Å². The van der Waals surface area contributed by atoms with Gasteiger partial charge in [0.1, 0.15) is 6.54 Å². The molecule has 2 amide bonds. The van der Waals surface area contributed by atoms with Crippen molar-refractivity contribution in [1.82, 2.24) is 10.2 Å². The van der Waals surface area contributed by atoms with Crippen LogP contribution in [0.4, 0.5) is 4.79 Å². The van der Waals surface area contributed by atoms with Crippen LogP contribution in [0.15, 0.2) is 30.3 Å². The Hall–Kier alpha value is -1.49. The number of benzene rings is 1. The molecule has 0 bridgehead atoms. The minimum absolute atomic E-state index is 0.00579. The van der Waals surface area contributed by atoms with Gasteiger partial charge in [0.05, 0.1) is 0 Å². The van der Waals surface area contributed by atoms with E-state index in [1.54, 1.807) is 4.90 Å². The SMILES string of the molecule is CC(CNC(=O)CN1CCSC1=O)c1ccccc1. The quantitative estimate of drug-likeness (QED) is 0.897. The van der Waals surface area contributed by atoms with Crippen LogP contribution < -0.4 is 5.32 Å². The number of nitrogens with zero attached hydrogens (tertiary/aromatic N) is 1. The minimum Gasteiger partial charge on any atom is -0.354 e. The smallest absolute Gasteiger partial charge is 0.282 e. The highest BCUT2D eigenvalue weighted by Crippen LogP contribution is 2.16. The first-order valence-electron chi connectivity index (χ1n) is 6.40. The monoisotopic (exact) mass is 278 g/mol. The summed E-state index contributed by atoms with van der Waals surface area (Å²) in [5.74, 6) is 0.972. The Morgan fingerprint density at radius 1 is 1.42 bits per heavy atom. The molecule has 1 heterocycles. The zero-order chi connectivity index (χ0) is 13.7. The lowest BCUT2D eigenvalue weighted by Gasteiger charge is -2.16. The summed E-state index contributed by atoms with van der Waals surface area (Å²) in [6.45, 7) is 3.52. The van der Waals surface area contributed by atoms with Gasteiger partial charge in [-0.3, -0.25) is 9.59 Å². The van der Waals surface area contributed by atoms with Crippen molar-refractivity contribution in [2.75, 3.05) is 25.4 Å². The summed E-state index contributed by atoms with van der Waals surface area (Å²) in [6, 6.07) is 10.1. The Labute approximate surface area is 117 Å². The maximum absolute atomic E-state index is 11.8. The number of rotatable bonds is 5.